The van der Waals surface area contributed by atoms with Gasteiger partial charge in [-0.25, -0.2) is 0 Å². The molecule has 2 heteroatoms. The van der Waals surface area contributed by atoms with E-state index in [1.807, 2.05) is 0 Å². The molecule has 0 spiro atoms. The normalized spacial score (nSPS) is 29.8. The summed E-state index contributed by atoms with van der Waals surface area (Å²) in [6, 6.07) is 12.5. The minimum absolute atomic E-state index is 0.748. The Bertz CT molecular complexity index is 403. The lowest BCUT2D eigenvalue weighted by molar-refractivity contribution is 0.330. The smallest absolute Gasteiger partial charge is 0.0209 e. The zero-order valence-electron chi connectivity index (χ0n) is 12.7. The van der Waals surface area contributed by atoms with E-state index < -0.39 is 0 Å². The van der Waals surface area contributed by atoms with Crippen molar-refractivity contribution in [1.82, 2.24) is 10.2 Å². The average Bonchev–Trinajstić information content (AvgIpc) is 3.03. The fraction of sp³-hybridized carbons (Fsp3) is 0.667. The van der Waals surface area contributed by atoms with Gasteiger partial charge in [0.15, 0.2) is 0 Å². The molecule has 0 bridgehead atoms. The van der Waals surface area contributed by atoms with Gasteiger partial charge in [-0.05, 0) is 43.7 Å². The van der Waals surface area contributed by atoms with E-state index in [1.54, 1.807) is 0 Å². The average molecular weight is 272 g/mol. The molecule has 1 aromatic rings. The highest BCUT2D eigenvalue weighted by molar-refractivity contribution is 5.15. The van der Waals surface area contributed by atoms with Crippen LogP contribution in [0.5, 0.6) is 0 Å². The van der Waals surface area contributed by atoms with E-state index in [-0.39, 0.29) is 0 Å². The molecule has 1 aliphatic carbocycles. The molecule has 1 heterocycles. The van der Waals surface area contributed by atoms with Crippen LogP contribution in [-0.4, -0.2) is 36.6 Å². The third kappa shape index (κ3) is 3.83. The van der Waals surface area contributed by atoms with Gasteiger partial charge in [-0.15, -0.1) is 0 Å². The largest absolute Gasteiger partial charge is 0.310 e. The van der Waals surface area contributed by atoms with Crippen molar-refractivity contribution < 1.29 is 0 Å². The van der Waals surface area contributed by atoms with Gasteiger partial charge in [0.1, 0.15) is 0 Å². The molecule has 20 heavy (non-hydrogen) atoms. The summed E-state index contributed by atoms with van der Waals surface area (Å²) in [5, 5.41) is 3.87. The summed E-state index contributed by atoms with van der Waals surface area (Å²) in [6.45, 7) is 6.04. The van der Waals surface area contributed by atoms with E-state index >= 15 is 0 Å². The van der Waals surface area contributed by atoms with Crippen LogP contribution in [0.1, 0.15) is 38.2 Å². The molecular weight excluding hydrogens is 244 g/mol. The third-order valence-corrected chi connectivity index (χ3v) is 4.86. The lowest BCUT2D eigenvalue weighted by Gasteiger charge is -2.16. The Labute approximate surface area is 123 Å². The number of nitrogens with one attached hydrogen (secondary N) is 1. The zero-order valence-corrected chi connectivity index (χ0v) is 12.7. The van der Waals surface area contributed by atoms with Crippen molar-refractivity contribution in [2.75, 3.05) is 19.6 Å². The Balaban J connectivity index is 1.35. The second-order valence-electron chi connectivity index (χ2n) is 6.58. The van der Waals surface area contributed by atoms with Crippen LogP contribution in [0, 0.1) is 5.92 Å². The van der Waals surface area contributed by atoms with Crippen LogP contribution in [0.2, 0.25) is 0 Å². The number of likely N-dealkylation sites (tertiary alicyclic amines) is 1. The standard InChI is InChI=1S/C18H28N2/c1-2-6-16-13-18(16)19-17-10-12-20(14-17)11-9-15-7-4-3-5-8-15/h3-5,7-8,16-19H,2,6,9-14H2,1H3. The first-order chi connectivity index (χ1) is 9.85. The summed E-state index contributed by atoms with van der Waals surface area (Å²) >= 11 is 0. The maximum Gasteiger partial charge on any atom is 0.0209 e. The van der Waals surface area contributed by atoms with Gasteiger partial charge in [0.2, 0.25) is 0 Å². The van der Waals surface area contributed by atoms with Crippen LogP contribution in [0.15, 0.2) is 30.3 Å². The van der Waals surface area contributed by atoms with Gasteiger partial charge in [0.25, 0.3) is 0 Å². The van der Waals surface area contributed by atoms with Crippen molar-refractivity contribution in [2.24, 2.45) is 5.92 Å². The van der Waals surface area contributed by atoms with Crippen LogP contribution in [-0.2, 0) is 6.42 Å². The molecule has 0 radical (unpaired) electrons. The van der Waals surface area contributed by atoms with Crippen molar-refractivity contribution >= 4 is 0 Å². The first-order valence-corrected chi connectivity index (χ1v) is 8.37. The van der Waals surface area contributed by atoms with E-state index in [0.29, 0.717) is 0 Å². The highest BCUT2D eigenvalue weighted by atomic mass is 15.2. The molecule has 2 aliphatic rings. The number of hydrogen-bond donors (Lipinski definition) is 1. The summed E-state index contributed by atoms with van der Waals surface area (Å²) in [6.07, 6.45) is 6.72. The maximum atomic E-state index is 3.87. The molecule has 1 aliphatic heterocycles. The lowest BCUT2D eigenvalue weighted by atomic mass is 10.1. The van der Waals surface area contributed by atoms with E-state index in [1.165, 1.54) is 57.3 Å². The predicted molar refractivity (Wildman–Crippen MR) is 84.9 cm³/mol. The molecular formula is C18H28N2. The number of benzene rings is 1. The number of nitrogens with zero attached hydrogens (tertiary/aromatic N) is 1. The first kappa shape index (κ1) is 14.1. The number of hydrogen-bond acceptors (Lipinski definition) is 2. The topological polar surface area (TPSA) is 15.3 Å². The fourth-order valence-corrected chi connectivity index (χ4v) is 3.55. The van der Waals surface area contributed by atoms with Crippen molar-refractivity contribution in [2.45, 2.75) is 51.1 Å². The van der Waals surface area contributed by atoms with Crippen LogP contribution in [0.25, 0.3) is 0 Å². The molecule has 3 atom stereocenters. The van der Waals surface area contributed by atoms with E-state index in [0.717, 1.165) is 18.0 Å². The zero-order chi connectivity index (χ0) is 13.8. The highest BCUT2D eigenvalue weighted by Gasteiger charge is 2.38. The molecule has 3 unspecified atom stereocenters. The molecule has 1 N–H and O–H groups in total. The molecule has 0 aromatic heterocycles. The van der Waals surface area contributed by atoms with Crippen molar-refractivity contribution in [3.8, 4) is 0 Å². The summed E-state index contributed by atoms with van der Waals surface area (Å²) in [5.41, 5.74) is 1.47. The van der Waals surface area contributed by atoms with Gasteiger partial charge in [-0.3, -0.25) is 0 Å². The van der Waals surface area contributed by atoms with Gasteiger partial charge in [0.05, 0.1) is 0 Å². The molecule has 1 saturated carbocycles. The Hall–Kier alpha value is -0.860. The summed E-state index contributed by atoms with van der Waals surface area (Å²) < 4.78 is 0. The Morgan fingerprint density at radius 1 is 1.25 bits per heavy atom. The van der Waals surface area contributed by atoms with E-state index in [9.17, 15) is 0 Å². The Morgan fingerprint density at radius 3 is 2.90 bits per heavy atom. The van der Waals surface area contributed by atoms with Crippen LogP contribution < -0.4 is 5.32 Å². The summed E-state index contributed by atoms with van der Waals surface area (Å²) in [4.78, 5) is 2.63. The quantitative estimate of drug-likeness (QED) is 0.820. The molecule has 1 saturated heterocycles. The first-order valence-electron chi connectivity index (χ1n) is 8.37. The van der Waals surface area contributed by atoms with Crippen molar-refractivity contribution in [3.05, 3.63) is 35.9 Å². The molecule has 2 fully saturated rings. The fourth-order valence-electron chi connectivity index (χ4n) is 3.55. The van der Waals surface area contributed by atoms with Crippen LogP contribution in [0.3, 0.4) is 0 Å². The van der Waals surface area contributed by atoms with Crippen LogP contribution in [0.4, 0.5) is 0 Å². The minimum atomic E-state index is 0.748. The van der Waals surface area contributed by atoms with Crippen molar-refractivity contribution in [3.63, 3.8) is 0 Å². The SMILES string of the molecule is CCCC1CC1NC1CCN(CCc2ccccc2)C1. The second-order valence-corrected chi connectivity index (χ2v) is 6.58. The third-order valence-electron chi connectivity index (χ3n) is 4.86. The van der Waals surface area contributed by atoms with Gasteiger partial charge >= 0.3 is 0 Å². The molecule has 110 valence electrons. The maximum absolute atomic E-state index is 3.87. The molecule has 2 nitrogen and oxygen atoms in total. The predicted octanol–water partition coefficient (Wildman–Crippen LogP) is 3.08. The summed E-state index contributed by atoms with van der Waals surface area (Å²) in [7, 11) is 0. The van der Waals surface area contributed by atoms with Gasteiger partial charge < -0.3 is 10.2 Å². The minimum Gasteiger partial charge on any atom is -0.310 e. The Kier molecular flexibility index (Phi) is 4.74. The molecule has 3 rings (SSSR count). The molecule has 1 aromatic carbocycles. The Morgan fingerprint density at radius 2 is 2.10 bits per heavy atom. The van der Waals surface area contributed by atoms with Crippen molar-refractivity contribution in [1.29, 1.82) is 0 Å². The number of rotatable bonds is 7. The van der Waals surface area contributed by atoms with Crippen LogP contribution >= 0.6 is 0 Å². The second kappa shape index (κ2) is 6.73. The van der Waals surface area contributed by atoms with E-state index in [2.05, 4.69) is 47.5 Å². The highest BCUT2D eigenvalue weighted by Crippen LogP contribution is 2.35. The monoisotopic (exact) mass is 272 g/mol. The van der Waals surface area contributed by atoms with Gasteiger partial charge in [0, 0.05) is 25.2 Å². The summed E-state index contributed by atoms with van der Waals surface area (Å²) in [5.74, 6) is 0.985. The lowest BCUT2D eigenvalue weighted by Crippen LogP contribution is -2.35. The van der Waals surface area contributed by atoms with Gasteiger partial charge in [-0.2, -0.15) is 0 Å². The van der Waals surface area contributed by atoms with E-state index in [4.69, 9.17) is 0 Å². The molecule has 0 amide bonds. The van der Waals surface area contributed by atoms with Gasteiger partial charge in [-0.1, -0.05) is 43.7 Å².